The minimum atomic E-state index is -1.43. The Balaban J connectivity index is 1.57. The van der Waals surface area contributed by atoms with E-state index >= 15 is 0 Å². The number of rotatable bonds is 11. The molecule has 0 radical (unpaired) electrons. The van der Waals surface area contributed by atoms with E-state index in [0.717, 1.165) is 11.3 Å². The molecule has 47 heavy (non-hydrogen) atoms. The fourth-order valence-electron chi connectivity index (χ4n) is 6.09. The zero-order valence-electron chi connectivity index (χ0n) is 28.0. The summed E-state index contributed by atoms with van der Waals surface area (Å²) in [5.74, 6) is -2.20. The fraction of sp³-hybridized carbons (Fsp3) is 0.486. The van der Waals surface area contributed by atoms with E-state index in [1.54, 1.807) is 50.9 Å². The molecule has 2 aliphatic heterocycles. The summed E-state index contributed by atoms with van der Waals surface area (Å²) in [5, 5.41) is 20.9. The van der Waals surface area contributed by atoms with Crippen molar-refractivity contribution in [3.8, 4) is 0 Å². The second-order valence-electron chi connectivity index (χ2n) is 13.8. The number of carbonyl (C=O) groups excluding carboxylic acids is 4. The molecule has 2 heterocycles. The number of likely N-dealkylation sites (tertiary alicyclic amines) is 1. The van der Waals surface area contributed by atoms with Crippen LogP contribution in [0.15, 0.2) is 59.7 Å². The molecule has 0 saturated carbocycles. The summed E-state index contributed by atoms with van der Waals surface area (Å²) in [4.78, 5) is 67.5. The third-order valence-corrected chi connectivity index (χ3v) is 8.44. The summed E-state index contributed by atoms with van der Waals surface area (Å²) in [5.41, 5.74) is -0.782. The van der Waals surface area contributed by atoms with Crippen LogP contribution in [0.3, 0.4) is 0 Å². The highest BCUT2D eigenvalue weighted by atomic mass is 16.6. The highest BCUT2D eigenvalue weighted by Gasteiger charge is 2.54. The van der Waals surface area contributed by atoms with Gasteiger partial charge in [-0.2, -0.15) is 5.10 Å². The summed E-state index contributed by atoms with van der Waals surface area (Å²) < 4.78 is 5.33. The molecule has 12 heteroatoms. The highest BCUT2D eigenvalue weighted by Crippen LogP contribution is 2.38. The lowest BCUT2D eigenvalue weighted by Gasteiger charge is -2.41. The fourth-order valence-corrected chi connectivity index (χ4v) is 6.09. The number of aromatic carboxylic acids is 1. The van der Waals surface area contributed by atoms with Crippen molar-refractivity contribution in [1.29, 1.82) is 0 Å². The van der Waals surface area contributed by atoms with Crippen LogP contribution in [0.1, 0.15) is 75.4 Å². The number of alkyl carbamates (subject to hydrolysis) is 1. The lowest BCUT2D eigenvalue weighted by Crippen LogP contribution is -2.62. The first-order valence-corrected chi connectivity index (χ1v) is 15.8. The maximum absolute atomic E-state index is 14.3. The molecule has 2 atom stereocenters. The van der Waals surface area contributed by atoms with E-state index in [1.165, 1.54) is 24.9 Å². The van der Waals surface area contributed by atoms with Crippen LogP contribution in [0.2, 0.25) is 0 Å². The topological polar surface area (TPSA) is 158 Å². The van der Waals surface area contributed by atoms with E-state index in [0.29, 0.717) is 37.8 Å². The Bertz CT molecular complexity index is 1550. The smallest absolute Gasteiger partial charge is 0.408 e. The third kappa shape index (κ3) is 8.35. The normalized spacial score (nSPS) is 18.6. The Hall–Kier alpha value is -4.74. The molecule has 4 rings (SSSR count). The molecule has 0 spiro atoms. The van der Waals surface area contributed by atoms with Crippen molar-refractivity contribution in [3.63, 3.8) is 0 Å². The van der Waals surface area contributed by atoms with Gasteiger partial charge < -0.3 is 25.4 Å². The number of amides is 4. The first kappa shape index (κ1) is 35.1. The van der Waals surface area contributed by atoms with E-state index < -0.39 is 40.6 Å². The van der Waals surface area contributed by atoms with Crippen LogP contribution in [0.25, 0.3) is 0 Å². The first-order valence-electron chi connectivity index (χ1n) is 15.8. The summed E-state index contributed by atoms with van der Waals surface area (Å²) in [6.45, 7) is 8.57. The molecule has 1 fully saturated rings. The van der Waals surface area contributed by atoms with Crippen molar-refractivity contribution in [1.82, 2.24) is 20.5 Å². The van der Waals surface area contributed by atoms with Crippen molar-refractivity contribution in [3.05, 3.63) is 71.3 Å². The number of piperidine rings is 1. The van der Waals surface area contributed by atoms with E-state index in [-0.39, 0.29) is 30.3 Å². The number of carboxylic acids is 1. The number of hydrazone groups is 1. The number of carbonyl (C=O) groups is 5. The van der Waals surface area contributed by atoms with Gasteiger partial charge in [0.25, 0.3) is 5.91 Å². The van der Waals surface area contributed by atoms with Crippen molar-refractivity contribution in [2.24, 2.45) is 10.5 Å². The molecule has 2 unspecified atom stereocenters. The average molecular weight is 648 g/mol. The Morgan fingerprint density at radius 3 is 2.34 bits per heavy atom. The minimum Gasteiger partial charge on any atom is -0.478 e. The van der Waals surface area contributed by atoms with Gasteiger partial charge in [0, 0.05) is 26.6 Å². The van der Waals surface area contributed by atoms with Crippen LogP contribution in [0.5, 0.6) is 0 Å². The van der Waals surface area contributed by atoms with Crippen LogP contribution in [-0.2, 0) is 32.0 Å². The van der Waals surface area contributed by atoms with E-state index in [4.69, 9.17) is 4.74 Å². The average Bonchev–Trinajstić information content (AvgIpc) is 3.23. The Morgan fingerprint density at radius 1 is 1.02 bits per heavy atom. The van der Waals surface area contributed by atoms with Crippen molar-refractivity contribution in [2.45, 2.75) is 83.9 Å². The number of nitrogens with zero attached hydrogens (tertiary/aromatic N) is 3. The molecule has 4 amide bonds. The molecule has 3 N–H and O–H groups in total. The van der Waals surface area contributed by atoms with Gasteiger partial charge in [-0.1, -0.05) is 48.5 Å². The zero-order chi connectivity index (χ0) is 34.6. The standard InChI is InChI=1S/C35H45N5O7/c1-33(2,3)47-32(46)37-34(4,5)30(44)36-26(18-12-16-24-15-10-11-17-25(24)29(42)43)28(41)40-20-19-27-35(22-40,31(45)39(6)38-27)21-23-13-8-7-9-14-23/h7-11,13-15,17,26H,12,16,18-22H2,1-6H3,(H,36,44)(H,37,46)(H,42,43). The Morgan fingerprint density at radius 2 is 1.68 bits per heavy atom. The van der Waals surface area contributed by atoms with Gasteiger partial charge in [0.05, 0.1) is 11.3 Å². The molecule has 0 aromatic heterocycles. The van der Waals surface area contributed by atoms with Crippen molar-refractivity contribution in [2.75, 3.05) is 20.1 Å². The second kappa shape index (κ2) is 13.9. The molecule has 0 bridgehead atoms. The number of benzene rings is 2. The van der Waals surface area contributed by atoms with Crippen LogP contribution >= 0.6 is 0 Å². The van der Waals surface area contributed by atoms with Gasteiger partial charge in [0.15, 0.2) is 0 Å². The number of carboxylic acid groups (broad SMARTS) is 1. The second-order valence-corrected chi connectivity index (χ2v) is 13.8. The van der Waals surface area contributed by atoms with Gasteiger partial charge in [-0.05, 0) is 77.5 Å². The van der Waals surface area contributed by atoms with Gasteiger partial charge in [0.2, 0.25) is 11.8 Å². The molecule has 2 aromatic carbocycles. The Labute approximate surface area is 275 Å². The van der Waals surface area contributed by atoms with Gasteiger partial charge in [0.1, 0.15) is 22.6 Å². The summed E-state index contributed by atoms with van der Waals surface area (Å²) in [6, 6.07) is 15.2. The number of nitrogens with one attached hydrogen (secondary N) is 2. The van der Waals surface area contributed by atoms with Gasteiger partial charge in [-0.3, -0.25) is 14.4 Å². The maximum Gasteiger partial charge on any atom is 0.408 e. The molecule has 0 aliphatic carbocycles. The quantitative estimate of drug-likeness (QED) is 0.335. The molecule has 1 saturated heterocycles. The number of hydrogen-bond donors (Lipinski definition) is 3. The molecular weight excluding hydrogens is 602 g/mol. The number of fused-ring (bicyclic) bond motifs is 1. The van der Waals surface area contributed by atoms with E-state index in [9.17, 15) is 29.1 Å². The number of ether oxygens (including phenoxy) is 1. The lowest BCUT2D eigenvalue weighted by atomic mass is 9.73. The van der Waals surface area contributed by atoms with E-state index in [2.05, 4.69) is 15.7 Å². The SMILES string of the molecule is CN1N=C2CCN(C(=O)C(CCCc3ccccc3C(=O)O)NC(=O)C(C)(C)NC(=O)OC(C)(C)C)CC2(Cc2ccccc2)C1=O. The van der Waals surface area contributed by atoms with Crippen molar-refractivity contribution >= 4 is 35.5 Å². The largest absolute Gasteiger partial charge is 0.478 e. The summed E-state index contributed by atoms with van der Waals surface area (Å²) in [6.07, 6.45) is 0.929. The van der Waals surface area contributed by atoms with Crippen LogP contribution < -0.4 is 10.6 Å². The predicted molar refractivity (Wildman–Crippen MR) is 176 cm³/mol. The molecule has 2 aliphatic rings. The van der Waals surface area contributed by atoms with Crippen molar-refractivity contribution < 1.29 is 33.8 Å². The number of hydrogen-bond acceptors (Lipinski definition) is 7. The molecule has 2 aromatic rings. The van der Waals surface area contributed by atoms with Gasteiger partial charge in [-0.15, -0.1) is 0 Å². The van der Waals surface area contributed by atoms with E-state index in [1.807, 2.05) is 30.3 Å². The Kier molecular flexibility index (Phi) is 10.4. The molecule has 12 nitrogen and oxygen atoms in total. The van der Waals surface area contributed by atoms with Crippen LogP contribution in [-0.4, -0.2) is 87.8 Å². The van der Waals surface area contributed by atoms with Crippen LogP contribution in [0.4, 0.5) is 4.79 Å². The van der Waals surface area contributed by atoms with Gasteiger partial charge >= 0.3 is 12.1 Å². The molecule has 252 valence electrons. The summed E-state index contributed by atoms with van der Waals surface area (Å²) >= 11 is 0. The minimum absolute atomic E-state index is 0.0938. The first-order chi connectivity index (χ1) is 22.0. The lowest BCUT2D eigenvalue weighted by molar-refractivity contribution is -0.142. The maximum atomic E-state index is 14.3. The third-order valence-electron chi connectivity index (χ3n) is 8.44. The number of aryl methyl sites for hydroxylation is 1. The summed E-state index contributed by atoms with van der Waals surface area (Å²) in [7, 11) is 1.62. The van der Waals surface area contributed by atoms with Gasteiger partial charge in [-0.25, -0.2) is 14.6 Å². The van der Waals surface area contributed by atoms with Crippen LogP contribution in [0, 0.1) is 5.41 Å². The highest BCUT2D eigenvalue weighted by molar-refractivity contribution is 6.13. The molecular formula is C35H45N5O7. The monoisotopic (exact) mass is 647 g/mol. The zero-order valence-corrected chi connectivity index (χ0v) is 28.0. The predicted octanol–water partition coefficient (Wildman–Crippen LogP) is 3.79.